The topological polar surface area (TPSA) is 85.1 Å². The molecule has 0 bridgehead atoms. The second-order valence-corrected chi connectivity index (χ2v) is 7.33. The second kappa shape index (κ2) is 7.09. The Bertz CT molecular complexity index is 1210. The van der Waals surface area contributed by atoms with Gasteiger partial charge < -0.3 is 5.32 Å². The first-order valence-corrected chi connectivity index (χ1v) is 9.69. The van der Waals surface area contributed by atoms with Crippen molar-refractivity contribution in [2.75, 3.05) is 0 Å². The summed E-state index contributed by atoms with van der Waals surface area (Å²) in [6.07, 6.45) is 7.74. The van der Waals surface area contributed by atoms with Crippen LogP contribution in [0.3, 0.4) is 0 Å². The number of fused-ring (bicyclic) bond motifs is 1. The van der Waals surface area contributed by atoms with E-state index in [4.69, 9.17) is 4.98 Å². The van der Waals surface area contributed by atoms with E-state index in [0.717, 1.165) is 46.7 Å². The fourth-order valence-electron chi connectivity index (χ4n) is 3.36. The number of rotatable bonds is 5. The average Bonchev–Trinajstić information content (AvgIpc) is 3.46. The van der Waals surface area contributed by atoms with Gasteiger partial charge in [-0.3, -0.25) is 14.8 Å². The van der Waals surface area contributed by atoms with Gasteiger partial charge in [-0.25, -0.2) is 9.50 Å². The SMILES string of the molecule is Cc1cccc(-c2ncccc2-c2ccn3ncc(CC(=O)NC4CC4)c3n2)n1. The summed E-state index contributed by atoms with van der Waals surface area (Å²) in [5, 5.41) is 7.36. The first-order valence-electron chi connectivity index (χ1n) is 9.69. The number of aryl methyl sites for hydroxylation is 1. The smallest absolute Gasteiger partial charge is 0.224 e. The molecular formula is C22H20N6O. The standard InChI is InChI=1S/C22H20N6O/c1-14-4-2-6-19(25-14)21-17(5-3-10-23-21)18-9-11-28-22(27-18)15(13-24-28)12-20(29)26-16-7-8-16/h2-6,9-11,13,16H,7-8,12H2,1H3,(H,26,29). The van der Waals surface area contributed by atoms with Gasteiger partial charge in [0, 0.05) is 35.3 Å². The van der Waals surface area contributed by atoms with Crippen LogP contribution in [0.25, 0.3) is 28.3 Å². The van der Waals surface area contributed by atoms with E-state index in [2.05, 4.69) is 20.4 Å². The van der Waals surface area contributed by atoms with Crippen LogP contribution in [-0.4, -0.2) is 36.5 Å². The zero-order valence-electron chi connectivity index (χ0n) is 16.0. The Morgan fingerprint density at radius 2 is 2.03 bits per heavy atom. The quantitative estimate of drug-likeness (QED) is 0.572. The lowest BCUT2D eigenvalue weighted by molar-refractivity contribution is -0.120. The van der Waals surface area contributed by atoms with Gasteiger partial charge in [-0.1, -0.05) is 6.07 Å². The van der Waals surface area contributed by atoms with Gasteiger partial charge in [-0.2, -0.15) is 5.10 Å². The Balaban J connectivity index is 1.54. The molecule has 29 heavy (non-hydrogen) atoms. The summed E-state index contributed by atoms with van der Waals surface area (Å²) in [6.45, 7) is 1.96. The highest BCUT2D eigenvalue weighted by molar-refractivity contribution is 5.82. The van der Waals surface area contributed by atoms with Crippen LogP contribution < -0.4 is 5.32 Å². The first kappa shape index (κ1) is 17.5. The normalized spacial score (nSPS) is 13.6. The van der Waals surface area contributed by atoms with Crippen LogP contribution in [0.1, 0.15) is 24.1 Å². The third-order valence-corrected chi connectivity index (χ3v) is 4.95. The Kier molecular flexibility index (Phi) is 4.27. The summed E-state index contributed by atoms with van der Waals surface area (Å²) < 4.78 is 1.70. The van der Waals surface area contributed by atoms with Crippen molar-refractivity contribution in [1.29, 1.82) is 0 Å². The van der Waals surface area contributed by atoms with Gasteiger partial charge in [0.1, 0.15) is 0 Å². The van der Waals surface area contributed by atoms with E-state index >= 15 is 0 Å². The third kappa shape index (κ3) is 3.59. The minimum absolute atomic E-state index is 0.0145. The maximum absolute atomic E-state index is 12.2. The van der Waals surface area contributed by atoms with Crippen molar-refractivity contribution in [3.05, 3.63) is 66.2 Å². The zero-order valence-corrected chi connectivity index (χ0v) is 16.0. The monoisotopic (exact) mass is 384 g/mol. The molecule has 1 aliphatic carbocycles. The Morgan fingerprint density at radius 1 is 1.14 bits per heavy atom. The van der Waals surface area contributed by atoms with Gasteiger partial charge in [0.05, 0.1) is 29.7 Å². The van der Waals surface area contributed by atoms with E-state index in [1.165, 1.54) is 0 Å². The Labute approximate surface area is 167 Å². The molecule has 5 rings (SSSR count). The van der Waals surface area contributed by atoms with Gasteiger partial charge in [0.25, 0.3) is 0 Å². The molecule has 0 radical (unpaired) electrons. The predicted molar refractivity (Wildman–Crippen MR) is 109 cm³/mol. The first-order chi connectivity index (χ1) is 14.2. The number of amides is 1. The van der Waals surface area contributed by atoms with E-state index in [1.54, 1.807) is 16.9 Å². The molecule has 0 aromatic carbocycles. The molecule has 4 aromatic rings. The van der Waals surface area contributed by atoms with Crippen LogP contribution >= 0.6 is 0 Å². The Hall–Kier alpha value is -3.61. The molecule has 1 fully saturated rings. The van der Waals surface area contributed by atoms with Crippen molar-refractivity contribution >= 4 is 11.6 Å². The lowest BCUT2D eigenvalue weighted by Crippen LogP contribution is -2.26. The second-order valence-electron chi connectivity index (χ2n) is 7.33. The van der Waals surface area contributed by atoms with Crippen molar-refractivity contribution < 1.29 is 4.79 Å². The van der Waals surface area contributed by atoms with E-state index in [0.29, 0.717) is 11.7 Å². The molecule has 1 amide bonds. The third-order valence-electron chi connectivity index (χ3n) is 4.95. The number of carbonyl (C=O) groups is 1. The summed E-state index contributed by atoms with van der Waals surface area (Å²) in [4.78, 5) is 26.2. The highest BCUT2D eigenvalue weighted by Gasteiger charge is 2.24. The van der Waals surface area contributed by atoms with Crippen LogP contribution in [0.5, 0.6) is 0 Å². The van der Waals surface area contributed by atoms with Gasteiger partial charge >= 0.3 is 0 Å². The van der Waals surface area contributed by atoms with Crippen LogP contribution in [0, 0.1) is 6.92 Å². The summed E-state index contributed by atoms with van der Waals surface area (Å²) in [6, 6.07) is 12.0. The summed E-state index contributed by atoms with van der Waals surface area (Å²) in [7, 11) is 0. The molecule has 1 aliphatic rings. The molecule has 7 heteroatoms. The number of pyridine rings is 2. The predicted octanol–water partition coefficient (Wildman–Crippen LogP) is 2.98. The number of hydrogen-bond donors (Lipinski definition) is 1. The van der Waals surface area contributed by atoms with E-state index in [9.17, 15) is 4.79 Å². The van der Waals surface area contributed by atoms with E-state index < -0.39 is 0 Å². The molecule has 0 unspecified atom stereocenters. The zero-order chi connectivity index (χ0) is 19.8. The number of nitrogens with one attached hydrogen (secondary N) is 1. The summed E-state index contributed by atoms with van der Waals surface area (Å²) >= 11 is 0. The maximum atomic E-state index is 12.2. The minimum Gasteiger partial charge on any atom is -0.353 e. The van der Waals surface area contributed by atoms with Gasteiger partial charge in [-0.15, -0.1) is 0 Å². The fraction of sp³-hybridized carbons (Fsp3) is 0.227. The van der Waals surface area contributed by atoms with Gasteiger partial charge in [0.2, 0.25) is 5.91 Å². The van der Waals surface area contributed by atoms with Crippen LogP contribution in [-0.2, 0) is 11.2 Å². The van der Waals surface area contributed by atoms with Crippen molar-refractivity contribution in [2.45, 2.75) is 32.2 Å². The van der Waals surface area contributed by atoms with E-state index in [1.807, 2.05) is 49.5 Å². The lowest BCUT2D eigenvalue weighted by Gasteiger charge is -2.09. The number of carbonyl (C=O) groups excluding carboxylic acids is 1. The minimum atomic E-state index is 0.0145. The number of nitrogens with zero attached hydrogens (tertiary/aromatic N) is 5. The molecule has 144 valence electrons. The van der Waals surface area contributed by atoms with Crippen molar-refractivity contribution in [1.82, 2.24) is 29.9 Å². The molecule has 1 N–H and O–H groups in total. The largest absolute Gasteiger partial charge is 0.353 e. The Morgan fingerprint density at radius 3 is 2.86 bits per heavy atom. The molecule has 0 spiro atoms. The molecule has 1 saturated carbocycles. The van der Waals surface area contributed by atoms with Crippen LogP contribution in [0.15, 0.2) is 55.0 Å². The number of hydrogen-bond acceptors (Lipinski definition) is 5. The van der Waals surface area contributed by atoms with Crippen LogP contribution in [0.4, 0.5) is 0 Å². The highest BCUT2D eigenvalue weighted by atomic mass is 16.1. The highest BCUT2D eigenvalue weighted by Crippen LogP contribution is 2.28. The lowest BCUT2D eigenvalue weighted by atomic mass is 10.1. The fourth-order valence-corrected chi connectivity index (χ4v) is 3.36. The van der Waals surface area contributed by atoms with Gasteiger partial charge in [-0.05, 0) is 50.1 Å². The molecule has 0 atom stereocenters. The maximum Gasteiger partial charge on any atom is 0.224 e. The van der Waals surface area contributed by atoms with Crippen molar-refractivity contribution in [3.8, 4) is 22.6 Å². The van der Waals surface area contributed by atoms with Crippen molar-refractivity contribution in [3.63, 3.8) is 0 Å². The summed E-state index contributed by atoms with van der Waals surface area (Å²) in [5.74, 6) is 0.0145. The molecule has 0 saturated heterocycles. The molecule has 4 heterocycles. The number of aromatic nitrogens is 5. The molecular weight excluding hydrogens is 364 g/mol. The van der Waals surface area contributed by atoms with Gasteiger partial charge in [0.15, 0.2) is 5.65 Å². The summed E-state index contributed by atoms with van der Waals surface area (Å²) in [5.41, 5.74) is 5.67. The average molecular weight is 384 g/mol. The molecule has 7 nitrogen and oxygen atoms in total. The van der Waals surface area contributed by atoms with Crippen LogP contribution in [0.2, 0.25) is 0 Å². The van der Waals surface area contributed by atoms with Crippen molar-refractivity contribution in [2.24, 2.45) is 0 Å². The molecule has 0 aliphatic heterocycles. The molecule has 4 aromatic heterocycles. The van der Waals surface area contributed by atoms with E-state index in [-0.39, 0.29) is 12.3 Å².